The molecule has 1 amide bonds. The maximum absolute atomic E-state index is 11.9. The largest absolute Gasteiger partial charge is 0.472 e. The fraction of sp³-hybridized carbons (Fsp3) is 0.333. The molecule has 1 aromatic rings. The molecule has 3 N–H and O–H groups in total. The SMILES string of the molecule is CC1(C(=O)NCB(O)O)CC(c2ccccc2)=NO1. The molecular weight excluding hydrogens is 247 g/mol. The fourth-order valence-corrected chi connectivity index (χ4v) is 1.82. The van der Waals surface area contributed by atoms with Gasteiger partial charge in [0.1, 0.15) is 0 Å². The average molecular weight is 262 g/mol. The van der Waals surface area contributed by atoms with E-state index in [0.717, 1.165) is 5.56 Å². The highest BCUT2D eigenvalue weighted by Gasteiger charge is 2.42. The highest BCUT2D eigenvalue weighted by molar-refractivity contribution is 6.41. The van der Waals surface area contributed by atoms with Gasteiger partial charge in [-0.1, -0.05) is 35.5 Å². The predicted molar refractivity (Wildman–Crippen MR) is 70.3 cm³/mol. The second-order valence-corrected chi connectivity index (χ2v) is 4.59. The summed E-state index contributed by atoms with van der Waals surface area (Å²) in [4.78, 5) is 17.1. The van der Waals surface area contributed by atoms with Gasteiger partial charge in [0.15, 0.2) is 0 Å². The van der Waals surface area contributed by atoms with Crippen LogP contribution >= 0.6 is 0 Å². The maximum Gasteiger partial charge on any atom is 0.472 e. The zero-order chi connectivity index (χ0) is 13.9. The Kier molecular flexibility index (Phi) is 3.87. The van der Waals surface area contributed by atoms with Crippen molar-refractivity contribution in [3.05, 3.63) is 35.9 Å². The minimum Gasteiger partial charge on any atom is -0.426 e. The molecule has 0 aliphatic carbocycles. The smallest absolute Gasteiger partial charge is 0.426 e. The Morgan fingerprint density at radius 3 is 2.79 bits per heavy atom. The van der Waals surface area contributed by atoms with Gasteiger partial charge in [0.2, 0.25) is 5.60 Å². The van der Waals surface area contributed by atoms with Crippen LogP contribution in [0.2, 0.25) is 0 Å². The van der Waals surface area contributed by atoms with Gasteiger partial charge in [0.25, 0.3) is 5.91 Å². The van der Waals surface area contributed by atoms with Crippen molar-refractivity contribution in [1.82, 2.24) is 5.32 Å². The first-order valence-electron chi connectivity index (χ1n) is 5.96. The minimum atomic E-state index is -1.58. The molecule has 0 saturated carbocycles. The first-order valence-corrected chi connectivity index (χ1v) is 5.96. The number of carbonyl (C=O) groups excluding carboxylic acids is 1. The second kappa shape index (κ2) is 5.42. The van der Waals surface area contributed by atoms with E-state index in [0.29, 0.717) is 12.1 Å². The number of oxime groups is 1. The van der Waals surface area contributed by atoms with Crippen LogP contribution < -0.4 is 5.32 Å². The van der Waals surface area contributed by atoms with Crippen molar-refractivity contribution in [3.8, 4) is 0 Å². The normalized spacial score (nSPS) is 21.5. The third-order valence-electron chi connectivity index (χ3n) is 2.89. The summed E-state index contributed by atoms with van der Waals surface area (Å²) >= 11 is 0. The lowest BCUT2D eigenvalue weighted by Gasteiger charge is -2.20. The summed E-state index contributed by atoms with van der Waals surface area (Å²) in [6.07, 6.45) is 0.100. The molecule has 1 heterocycles. The zero-order valence-corrected chi connectivity index (χ0v) is 10.5. The van der Waals surface area contributed by atoms with Crippen molar-refractivity contribution in [1.29, 1.82) is 0 Å². The van der Waals surface area contributed by atoms with Crippen LogP contribution in [0.5, 0.6) is 0 Å². The lowest BCUT2D eigenvalue weighted by molar-refractivity contribution is -0.141. The Hall–Kier alpha value is -1.86. The summed E-state index contributed by atoms with van der Waals surface area (Å²) in [5, 5.41) is 23.8. The molecule has 0 fully saturated rings. The molecule has 2 rings (SSSR count). The zero-order valence-electron chi connectivity index (χ0n) is 10.5. The second-order valence-electron chi connectivity index (χ2n) is 4.59. The maximum atomic E-state index is 11.9. The molecule has 19 heavy (non-hydrogen) atoms. The van der Waals surface area contributed by atoms with Crippen molar-refractivity contribution in [2.75, 3.05) is 6.44 Å². The van der Waals surface area contributed by atoms with E-state index in [2.05, 4.69) is 10.5 Å². The van der Waals surface area contributed by atoms with Crippen molar-refractivity contribution in [3.63, 3.8) is 0 Å². The molecule has 1 aromatic carbocycles. The fourth-order valence-electron chi connectivity index (χ4n) is 1.82. The Morgan fingerprint density at radius 1 is 1.47 bits per heavy atom. The molecule has 100 valence electrons. The molecule has 1 aliphatic rings. The summed E-state index contributed by atoms with van der Waals surface area (Å²) in [5.41, 5.74) is 0.490. The number of carbonyl (C=O) groups is 1. The van der Waals surface area contributed by atoms with Crippen LogP contribution in [0.15, 0.2) is 35.5 Å². The van der Waals surface area contributed by atoms with Crippen LogP contribution in [0, 0.1) is 0 Å². The molecule has 1 aliphatic heterocycles. The van der Waals surface area contributed by atoms with E-state index >= 15 is 0 Å². The number of amides is 1. The number of nitrogens with zero attached hydrogens (tertiary/aromatic N) is 1. The lowest BCUT2D eigenvalue weighted by atomic mass is 9.90. The number of rotatable bonds is 4. The number of benzene rings is 1. The van der Waals surface area contributed by atoms with E-state index in [1.807, 2.05) is 30.3 Å². The standard InChI is InChI=1S/C12H15BN2O4/c1-12(11(16)14-8-13(17)18)7-10(15-19-12)9-5-3-2-4-6-9/h2-6,17-18H,7-8H2,1H3,(H,14,16). The first kappa shape index (κ1) is 13.6. The molecule has 1 atom stereocenters. The Labute approximate surface area is 111 Å². The van der Waals surface area contributed by atoms with E-state index in [4.69, 9.17) is 14.9 Å². The van der Waals surface area contributed by atoms with Gasteiger partial charge < -0.3 is 20.2 Å². The molecule has 0 spiro atoms. The van der Waals surface area contributed by atoms with Gasteiger partial charge >= 0.3 is 7.12 Å². The van der Waals surface area contributed by atoms with Gasteiger partial charge in [-0.2, -0.15) is 0 Å². The van der Waals surface area contributed by atoms with Crippen LogP contribution in [-0.2, 0) is 9.63 Å². The Morgan fingerprint density at radius 2 is 2.16 bits per heavy atom. The van der Waals surface area contributed by atoms with Crippen LogP contribution in [-0.4, -0.2) is 40.8 Å². The van der Waals surface area contributed by atoms with E-state index < -0.39 is 18.6 Å². The number of hydrogen-bond donors (Lipinski definition) is 3. The van der Waals surface area contributed by atoms with Crippen molar-refractivity contribution < 1.29 is 19.7 Å². The van der Waals surface area contributed by atoms with Crippen molar-refractivity contribution in [2.24, 2.45) is 5.16 Å². The molecule has 0 saturated heterocycles. The number of nitrogens with one attached hydrogen (secondary N) is 1. The summed E-state index contributed by atoms with van der Waals surface area (Å²) in [6, 6.07) is 9.45. The van der Waals surface area contributed by atoms with Gasteiger partial charge in [-0.3, -0.25) is 4.79 Å². The Bertz CT molecular complexity index is 492. The monoisotopic (exact) mass is 262 g/mol. The molecule has 0 radical (unpaired) electrons. The summed E-state index contributed by atoms with van der Waals surface area (Å²) in [7, 11) is -1.58. The Balaban J connectivity index is 2.01. The quantitative estimate of drug-likeness (QED) is 0.649. The molecule has 1 unspecified atom stereocenters. The molecular formula is C12H15BN2O4. The predicted octanol–water partition coefficient (Wildman–Crippen LogP) is -0.302. The number of hydrogen-bond acceptors (Lipinski definition) is 5. The van der Waals surface area contributed by atoms with Crippen LogP contribution in [0.25, 0.3) is 0 Å². The van der Waals surface area contributed by atoms with Gasteiger partial charge in [0.05, 0.1) is 12.2 Å². The third kappa shape index (κ3) is 3.13. The summed E-state index contributed by atoms with van der Waals surface area (Å²) < 4.78 is 0. The third-order valence-corrected chi connectivity index (χ3v) is 2.89. The minimum absolute atomic E-state index is 0.238. The van der Waals surface area contributed by atoms with Gasteiger partial charge in [-0.05, 0) is 12.5 Å². The van der Waals surface area contributed by atoms with Crippen LogP contribution in [0.3, 0.4) is 0 Å². The van der Waals surface area contributed by atoms with Gasteiger partial charge in [-0.25, -0.2) is 0 Å². The van der Waals surface area contributed by atoms with Crippen LogP contribution in [0.1, 0.15) is 18.9 Å². The molecule has 0 bridgehead atoms. The van der Waals surface area contributed by atoms with Crippen molar-refractivity contribution in [2.45, 2.75) is 18.9 Å². The molecule has 7 heteroatoms. The van der Waals surface area contributed by atoms with Gasteiger partial charge in [-0.15, -0.1) is 0 Å². The van der Waals surface area contributed by atoms with E-state index in [-0.39, 0.29) is 6.44 Å². The molecule has 0 aromatic heterocycles. The highest BCUT2D eigenvalue weighted by Crippen LogP contribution is 2.26. The molecule has 6 nitrogen and oxygen atoms in total. The highest BCUT2D eigenvalue weighted by atomic mass is 16.7. The van der Waals surface area contributed by atoms with Crippen LogP contribution in [0.4, 0.5) is 0 Å². The summed E-state index contributed by atoms with van der Waals surface area (Å²) in [6.45, 7) is 1.62. The first-order chi connectivity index (χ1) is 9.01. The van der Waals surface area contributed by atoms with Gasteiger partial charge in [0, 0.05) is 6.42 Å². The van der Waals surface area contributed by atoms with E-state index in [1.54, 1.807) is 6.92 Å². The summed E-state index contributed by atoms with van der Waals surface area (Å²) in [5.74, 6) is -0.421. The van der Waals surface area contributed by atoms with Crippen molar-refractivity contribution >= 4 is 18.7 Å². The van der Waals surface area contributed by atoms with E-state index in [9.17, 15) is 4.79 Å². The topological polar surface area (TPSA) is 91.2 Å². The van der Waals surface area contributed by atoms with E-state index in [1.165, 1.54) is 0 Å². The average Bonchev–Trinajstić information content (AvgIpc) is 2.81. The lowest BCUT2D eigenvalue weighted by Crippen LogP contribution is -2.47.